The minimum Gasteiger partial charge on any atom is -0.372 e. The number of halogens is 1. The number of ether oxygens (including phenoxy) is 1. The lowest BCUT2D eigenvalue weighted by Gasteiger charge is -2.37. The van der Waals surface area contributed by atoms with E-state index in [0.29, 0.717) is 48.6 Å². The van der Waals surface area contributed by atoms with Crippen LogP contribution in [0, 0.1) is 12.7 Å². The summed E-state index contributed by atoms with van der Waals surface area (Å²) in [6.45, 7) is 6.93. The predicted molar refractivity (Wildman–Crippen MR) is 100 cm³/mol. The van der Waals surface area contributed by atoms with E-state index in [1.807, 2.05) is 18.7 Å². The standard InChI is InChI=1S/C19H21FN4O4/c1-10-4-14(22-27-10)6-21-19-15-5-13(9-25)17(16(20)18(15)28-23-19)24-7-11(2)26-12(3)8-24/h4-5,9,11-12H,6-8H2,1-3H3,(H,21,23). The van der Waals surface area contributed by atoms with Crippen molar-refractivity contribution in [2.75, 3.05) is 23.3 Å². The van der Waals surface area contributed by atoms with Gasteiger partial charge in [0, 0.05) is 24.7 Å². The number of anilines is 2. The van der Waals surface area contributed by atoms with E-state index < -0.39 is 5.82 Å². The average Bonchev–Trinajstić information content (AvgIpc) is 3.24. The second kappa shape index (κ2) is 7.23. The van der Waals surface area contributed by atoms with E-state index in [2.05, 4.69) is 15.6 Å². The lowest BCUT2D eigenvalue weighted by molar-refractivity contribution is -0.00543. The highest BCUT2D eigenvalue weighted by Gasteiger charge is 2.29. The fraction of sp³-hybridized carbons (Fsp3) is 0.421. The number of benzene rings is 1. The van der Waals surface area contributed by atoms with E-state index in [1.54, 1.807) is 19.1 Å². The summed E-state index contributed by atoms with van der Waals surface area (Å²) in [4.78, 5) is 13.6. The molecule has 4 rings (SSSR count). The number of carbonyl (C=O) groups excluding carboxylic acids is 1. The average molecular weight is 388 g/mol. The molecule has 0 spiro atoms. The van der Waals surface area contributed by atoms with Gasteiger partial charge >= 0.3 is 0 Å². The van der Waals surface area contributed by atoms with Crippen LogP contribution in [0.2, 0.25) is 0 Å². The fourth-order valence-corrected chi connectivity index (χ4v) is 3.62. The Labute approximate surface area is 160 Å². The molecule has 1 saturated heterocycles. The van der Waals surface area contributed by atoms with Crippen LogP contribution in [0.5, 0.6) is 0 Å². The minimum atomic E-state index is -0.598. The van der Waals surface area contributed by atoms with Gasteiger partial charge in [-0.25, -0.2) is 4.39 Å². The number of nitrogens with zero attached hydrogens (tertiary/aromatic N) is 3. The highest BCUT2D eigenvalue weighted by atomic mass is 19.1. The van der Waals surface area contributed by atoms with Crippen LogP contribution in [0.3, 0.4) is 0 Å². The molecule has 3 aromatic rings. The summed E-state index contributed by atoms with van der Waals surface area (Å²) < 4.78 is 31.3. The number of fused-ring (bicyclic) bond motifs is 1. The molecule has 0 radical (unpaired) electrons. The van der Waals surface area contributed by atoms with Crippen LogP contribution in [0.1, 0.15) is 35.7 Å². The lowest BCUT2D eigenvalue weighted by Crippen LogP contribution is -2.46. The van der Waals surface area contributed by atoms with E-state index >= 15 is 4.39 Å². The molecule has 1 N–H and O–H groups in total. The molecule has 1 fully saturated rings. The maximum atomic E-state index is 15.3. The van der Waals surface area contributed by atoms with Gasteiger partial charge in [0.1, 0.15) is 11.5 Å². The number of aryl methyl sites for hydroxylation is 1. The first-order valence-corrected chi connectivity index (χ1v) is 9.09. The van der Waals surface area contributed by atoms with Gasteiger partial charge in [-0.1, -0.05) is 10.3 Å². The van der Waals surface area contributed by atoms with Crippen LogP contribution < -0.4 is 10.2 Å². The third kappa shape index (κ3) is 3.33. The highest BCUT2D eigenvalue weighted by molar-refractivity contribution is 5.98. The number of carbonyl (C=O) groups is 1. The van der Waals surface area contributed by atoms with Gasteiger partial charge in [0.25, 0.3) is 0 Å². The van der Waals surface area contributed by atoms with Crippen molar-refractivity contribution in [3.05, 3.63) is 35.0 Å². The molecular weight excluding hydrogens is 367 g/mol. The van der Waals surface area contributed by atoms with E-state index in [9.17, 15) is 4.79 Å². The molecule has 2 unspecified atom stereocenters. The van der Waals surface area contributed by atoms with Crippen molar-refractivity contribution in [1.29, 1.82) is 0 Å². The fourth-order valence-electron chi connectivity index (χ4n) is 3.62. The summed E-state index contributed by atoms with van der Waals surface area (Å²) in [6.07, 6.45) is 0.507. The Morgan fingerprint density at radius 3 is 2.64 bits per heavy atom. The van der Waals surface area contributed by atoms with Crippen LogP contribution in [-0.4, -0.2) is 41.9 Å². The van der Waals surface area contributed by atoms with Crippen molar-refractivity contribution in [2.24, 2.45) is 0 Å². The summed E-state index contributed by atoms with van der Waals surface area (Å²) in [5.74, 6) is 0.432. The summed E-state index contributed by atoms with van der Waals surface area (Å²) in [5, 5.41) is 11.3. The van der Waals surface area contributed by atoms with Gasteiger partial charge in [0.15, 0.2) is 17.9 Å². The molecule has 9 heteroatoms. The van der Waals surface area contributed by atoms with Crippen molar-refractivity contribution in [3.63, 3.8) is 0 Å². The van der Waals surface area contributed by atoms with Crippen LogP contribution in [0.15, 0.2) is 21.2 Å². The van der Waals surface area contributed by atoms with Crippen molar-refractivity contribution < 1.29 is 23.0 Å². The van der Waals surface area contributed by atoms with Gasteiger partial charge in [-0.3, -0.25) is 4.79 Å². The summed E-state index contributed by atoms with van der Waals surface area (Å²) in [6, 6.07) is 3.38. The van der Waals surface area contributed by atoms with Gasteiger partial charge in [0.2, 0.25) is 5.58 Å². The molecule has 148 valence electrons. The number of hydrogen-bond donors (Lipinski definition) is 1. The molecule has 2 aromatic heterocycles. The number of morpholine rings is 1. The predicted octanol–water partition coefficient (Wildman–Crippen LogP) is 3.30. The molecule has 2 atom stereocenters. The van der Waals surface area contributed by atoms with Crippen molar-refractivity contribution in [2.45, 2.75) is 39.5 Å². The second-order valence-electron chi connectivity index (χ2n) is 7.10. The smallest absolute Gasteiger partial charge is 0.206 e. The molecule has 0 bridgehead atoms. The Morgan fingerprint density at radius 2 is 2.00 bits per heavy atom. The molecule has 3 heterocycles. The maximum absolute atomic E-state index is 15.3. The highest BCUT2D eigenvalue weighted by Crippen LogP contribution is 2.35. The topological polar surface area (TPSA) is 93.6 Å². The third-order valence-electron chi connectivity index (χ3n) is 4.69. The molecule has 1 aliphatic heterocycles. The molecule has 28 heavy (non-hydrogen) atoms. The van der Waals surface area contributed by atoms with Crippen LogP contribution >= 0.6 is 0 Å². The van der Waals surface area contributed by atoms with Crippen molar-refractivity contribution in [3.8, 4) is 0 Å². The maximum Gasteiger partial charge on any atom is 0.206 e. The van der Waals surface area contributed by atoms with Gasteiger partial charge < -0.3 is 24.0 Å². The normalized spacial score (nSPS) is 19.9. The zero-order valence-corrected chi connectivity index (χ0v) is 15.9. The zero-order valence-electron chi connectivity index (χ0n) is 15.9. The molecule has 0 aliphatic carbocycles. The Hall–Kier alpha value is -2.94. The molecule has 1 aromatic carbocycles. The van der Waals surface area contributed by atoms with Gasteiger partial charge in [0.05, 0.1) is 29.8 Å². The van der Waals surface area contributed by atoms with Gasteiger partial charge in [-0.05, 0) is 26.8 Å². The van der Waals surface area contributed by atoms with E-state index in [0.717, 1.165) is 0 Å². The van der Waals surface area contributed by atoms with Gasteiger partial charge in [-0.15, -0.1) is 0 Å². The Kier molecular flexibility index (Phi) is 4.76. The lowest BCUT2D eigenvalue weighted by atomic mass is 10.1. The number of rotatable bonds is 5. The monoisotopic (exact) mass is 388 g/mol. The van der Waals surface area contributed by atoms with Crippen LogP contribution in [0.4, 0.5) is 15.9 Å². The largest absolute Gasteiger partial charge is 0.372 e. The molecule has 1 aliphatic rings. The molecule has 0 saturated carbocycles. The first-order valence-electron chi connectivity index (χ1n) is 9.09. The first-order chi connectivity index (χ1) is 13.5. The van der Waals surface area contributed by atoms with E-state index in [-0.39, 0.29) is 29.0 Å². The summed E-state index contributed by atoms with van der Waals surface area (Å²) in [5.41, 5.74) is 1.15. The quantitative estimate of drug-likeness (QED) is 0.666. The Bertz CT molecular complexity index is 1000. The zero-order chi connectivity index (χ0) is 19.8. The van der Waals surface area contributed by atoms with Gasteiger partial charge in [-0.2, -0.15) is 0 Å². The van der Waals surface area contributed by atoms with Crippen LogP contribution in [0.25, 0.3) is 11.0 Å². The third-order valence-corrected chi connectivity index (χ3v) is 4.69. The number of aldehydes is 1. The summed E-state index contributed by atoms with van der Waals surface area (Å²) in [7, 11) is 0. The van der Waals surface area contributed by atoms with E-state index in [1.165, 1.54) is 0 Å². The second-order valence-corrected chi connectivity index (χ2v) is 7.10. The number of hydrogen-bond acceptors (Lipinski definition) is 8. The number of nitrogens with one attached hydrogen (secondary N) is 1. The Balaban J connectivity index is 1.69. The van der Waals surface area contributed by atoms with E-state index in [4.69, 9.17) is 13.8 Å². The van der Waals surface area contributed by atoms with Crippen molar-refractivity contribution >= 4 is 28.8 Å². The Morgan fingerprint density at radius 1 is 1.25 bits per heavy atom. The molecular formula is C19H21FN4O4. The SMILES string of the molecule is Cc1cc(CNc2noc3c(F)c(N4CC(C)OC(C)C4)c(C=O)cc23)no1. The first kappa shape index (κ1) is 18.4. The molecule has 8 nitrogen and oxygen atoms in total. The number of aromatic nitrogens is 2. The molecule has 0 amide bonds. The van der Waals surface area contributed by atoms with Crippen molar-refractivity contribution in [1.82, 2.24) is 10.3 Å². The minimum absolute atomic E-state index is 0.00577. The summed E-state index contributed by atoms with van der Waals surface area (Å²) >= 11 is 0. The van der Waals surface area contributed by atoms with Crippen LogP contribution in [-0.2, 0) is 11.3 Å².